The number of nitrogens with one attached hydrogen (secondary N) is 2. The molecule has 0 aliphatic carbocycles. The number of fused-ring (bicyclic) bond motifs is 1. The molecule has 0 amide bonds. The Morgan fingerprint density at radius 2 is 1.67 bits per heavy atom. The summed E-state index contributed by atoms with van der Waals surface area (Å²) in [6.07, 6.45) is 0.513. The molecule has 0 atom stereocenters. The summed E-state index contributed by atoms with van der Waals surface area (Å²) in [4.78, 5) is 52.2. The quantitative estimate of drug-likeness (QED) is 0.0991. The highest BCUT2D eigenvalue weighted by atomic mass is 16.5. The molecule has 0 fully saturated rings. The van der Waals surface area contributed by atoms with Gasteiger partial charge in [-0.25, -0.2) is 4.79 Å². The molecule has 3 aromatic carbocycles. The van der Waals surface area contributed by atoms with Crippen LogP contribution in [-0.4, -0.2) is 54.2 Å². The third kappa shape index (κ3) is 6.22. The number of ketones is 2. The fraction of sp³-hybridized carbons (Fsp3) is 0.219. The van der Waals surface area contributed by atoms with Gasteiger partial charge in [0.2, 0.25) is 5.78 Å². The number of nitrogens with zero attached hydrogens (tertiary/aromatic N) is 1. The van der Waals surface area contributed by atoms with Crippen LogP contribution in [0.4, 0.5) is 5.69 Å². The number of rotatable bonds is 12. The average molecular weight is 569 g/mol. The number of aryl methyl sites for hydroxylation is 2. The van der Waals surface area contributed by atoms with Gasteiger partial charge in [-0.1, -0.05) is 48.5 Å². The second-order valence-electron chi connectivity index (χ2n) is 9.57. The molecule has 0 unspecified atom stereocenters. The van der Waals surface area contributed by atoms with Gasteiger partial charge in [-0.2, -0.15) is 0 Å². The number of aromatic nitrogens is 1. The maximum Gasteiger partial charge on any atom is 0.338 e. The summed E-state index contributed by atoms with van der Waals surface area (Å²) < 4.78 is 11.5. The highest BCUT2D eigenvalue weighted by molar-refractivity contribution is 6.23. The summed E-state index contributed by atoms with van der Waals surface area (Å²) in [5.74, 6) is -1.86. The molecule has 0 spiro atoms. The third-order valence-corrected chi connectivity index (χ3v) is 6.92. The van der Waals surface area contributed by atoms with E-state index in [-0.39, 0.29) is 53.6 Å². The summed E-state index contributed by atoms with van der Waals surface area (Å²) in [6, 6.07) is 18.6. The Labute approximate surface area is 242 Å². The van der Waals surface area contributed by atoms with E-state index in [2.05, 4.69) is 5.32 Å². The van der Waals surface area contributed by atoms with E-state index >= 15 is 0 Å². The van der Waals surface area contributed by atoms with Gasteiger partial charge in [0.1, 0.15) is 18.1 Å². The summed E-state index contributed by atoms with van der Waals surface area (Å²) in [5.41, 5.74) is 8.80. The van der Waals surface area contributed by atoms with Crippen LogP contribution >= 0.6 is 0 Å². The first-order valence-corrected chi connectivity index (χ1v) is 13.4. The maximum atomic E-state index is 14.1. The number of Topliss-reactive ketones (excluding diaryl/α,β-unsaturated/α-hetero) is 1. The molecule has 42 heavy (non-hydrogen) atoms. The number of anilines is 1. The molecule has 10 heteroatoms. The Morgan fingerprint density at radius 3 is 2.31 bits per heavy atom. The number of carbonyl (C=O) groups is 4. The van der Waals surface area contributed by atoms with Crippen LogP contribution in [0.1, 0.15) is 61.2 Å². The second kappa shape index (κ2) is 12.9. The molecule has 0 radical (unpaired) electrons. The van der Waals surface area contributed by atoms with Crippen molar-refractivity contribution in [2.45, 2.75) is 19.8 Å². The zero-order chi connectivity index (χ0) is 30.4. The Balaban J connectivity index is 1.77. The van der Waals surface area contributed by atoms with Crippen molar-refractivity contribution in [3.8, 4) is 0 Å². The summed E-state index contributed by atoms with van der Waals surface area (Å²) in [5, 5.41) is 11.2. The number of benzene rings is 3. The van der Waals surface area contributed by atoms with Crippen LogP contribution < -0.4 is 11.1 Å². The van der Waals surface area contributed by atoms with Crippen LogP contribution in [0.5, 0.6) is 0 Å². The highest BCUT2D eigenvalue weighted by Gasteiger charge is 2.29. The Kier molecular flexibility index (Phi) is 9.16. The summed E-state index contributed by atoms with van der Waals surface area (Å²) in [6.45, 7) is 1.95. The van der Waals surface area contributed by atoms with Crippen LogP contribution in [0.15, 0.2) is 66.7 Å². The number of methoxy groups -OCH3 is 1. The van der Waals surface area contributed by atoms with E-state index in [0.717, 1.165) is 5.56 Å². The number of carbonyl (C=O) groups excluding carboxylic acids is 4. The number of amidine groups is 1. The topological polar surface area (TPSA) is 154 Å². The van der Waals surface area contributed by atoms with E-state index < -0.39 is 17.7 Å². The van der Waals surface area contributed by atoms with Crippen LogP contribution in [0, 0.1) is 5.41 Å². The Hall–Kier alpha value is -5.25. The predicted octanol–water partition coefficient (Wildman–Crippen LogP) is 4.27. The van der Waals surface area contributed by atoms with Gasteiger partial charge < -0.3 is 25.1 Å². The van der Waals surface area contributed by atoms with Crippen molar-refractivity contribution in [1.29, 1.82) is 5.41 Å². The van der Waals surface area contributed by atoms with Crippen LogP contribution in [0.2, 0.25) is 0 Å². The number of nitrogen functional groups attached to an aromatic ring is 1. The lowest BCUT2D eigenvalue weighted by Gasteiger charge is -2.10. The molecule has 0 bridgehead atoms. The van der Waals surface area contributed by atoms with E-state index in [1.165, 1.54) is 19.2 Å². The standard InChI is InChI=1S/C32H32N4O6/c1-4-42-27(38)18-35-21-14-15-24-25(17-21)36(2)29(30(39)22-7-5-6-8-23(22)32(40)41-3)28(24)26(37)16-11-19-9-12-20(13-10-19)31(33)34/h5-10,12-15,17,35H,4,11,16,18H2,1-3H3,(H3,33,34). The Morgan fingerprint density at radius 1 is 0.976 bits per heavy atom. The zero-order valence-electron chi connectivity index (χ0n) is 23.7. The van der Waals surface area contributed by atoms with Gasteiger partial charge in [-0.3, -0.25) is 19.8 Å². The van der Waals surface area contributed by atoms with Crippen molar-refractivity contribution in [3.63, 3.8) is 0 Å². The van der Waals surface area contributed by atoms with Gasteiger partial charge in [-0.05, 0) is 37.1 Å². The fourth-order valence-corrected chi connectivity index (χ4v) is 4.81. The van der Waals surface area contributed by atoms with Gasteiger partial charge in [0.25, 0.3) is 0 Å². The first-order chi connectivity index (χ1) is 20.2. The van der Waals surface area contributed by atoms with Gasteiger partial charge in [0.05, 0.1) is 30.4 Å². The van der Waals surface area contributed by atoms with Crippen molar-refractivity contribution in [1.82, 2.24) is 4.57 Å². The summed E-state index contributed by atoms with van der Waals surface area (Å²) in [7, 11) is 2.92. The van der Waals surface area contributed by atoms with Crippen molar-refractivity contribution in [3.05, 3.63) is 100 Å². The van der Waals surface area contributed by atoms with Crippen LogP contribution in [0.3, 0.4) is 0 Å². The van der Waals surface area contributed by atoms with Crippen LogP contribution in [0.25, 0.3) is 10.9 Å². The molecular formula is C32H32N4O6. The van der Waals surface area contributed by atoms with Gasteiger partial charge in [0.15, 0.2) is 5.78 Å². The van der Waals surface area contributed by atoms with E-state index in [0.29, 0.717) is 28.6 Å². The lowest BCUT2D eigenvalue weighted by atomic mass is 9.95. The molecule has 0 aliphatic rings. The fourth-order valence-electron chi connectivity index (χ4n) is 4.81. The molecule has 4 rings (SSSR count). The number of hydrogen-bond donors (Lipinski definition) is 3. The Bertz CT molecular complexity index is 1690. The minimum absolute atomic E-state index is 0.0418. The maximum absolute atomic E-state index is 14.1. The molecule has 10 nitrogen and oxygen atoms in total. The molecule has 1 heterocycles. The van der Waals surface area contributed by atoms with Gasteiger partial charge in [-0.15, -0.1) is 0 Å². The van der Waals surface area contributed by atoms with E-state index in [1.807, 2.05) is 12.1 Å². The van der Waals surface area contributed by atoms with Gasteiger partial charge in [0, 0.05) is 35.7 Å². The molecule has 0 saturated carbocycles. The number of hydrogen-bond acceptors (Lipinski definition) is 8. The second-order valence-corrected chi connectivity index (χ2v) is 9.57. The summed E-state index contributed by atoms with van der Waals surface area (Å²) >= 11 is 0. The lowest BCUT2D eigenvalue weighted by Crippen LogP contribution is -2.17. The largest absolute Gasteiger partial charge is 0.465 e. The molecule has 4 aromatic rings. The third-order valence-electron chi connectivity index (χ3n) is 6.92. The highest BCUT2D eigenvalue weighted by Crippen LogP contribution is 2.32. The van der Waals surface area contributed by atoms with E-state index in [9.17, 15) is 19.2 Å². The first-order valence-electron chi connectivity index (χ1n) is 13.4. The van der Waals surface area contributed by atoms with Crippen molar-refractivity contribution >= 4 is 45.9 Å². The number of ether oxygens (including phenoxy) is 2. The molecule has 4 N–H and O–H groups in total. The molecule has 0 aliphatic heterocycles. The first kappa shape index (κ1) is 29.7. The number of nitrogens with two attached hydrogens (primary N) is 1. The van der Waals surface area contributed by atoms with Crippen molar-refractivity contribution in [2.75, 3.05) is 25.6 Å². The molecule has 1 aromatic heterocycles. The number of esters is 2. The monoisotopic (exact) mass is 568 g/mol. The SMILES string of the molecule is CCOC(=O)CNc1ccc2c(C(=O)CCc3ccc(C(=N)N)cc3)c(C(=O)c3ccccc3C(=O)OC)n(C)c2c1. The van der Waals surface area contributed by atoms with Crippen LogP contribution in [-0.2, 0) is 27.7 Å². The minimum atomic E-state index is -0.662. The van der Waals surface area contributed by atoms with E-state index in [1.54, 1.807) is 61.0 Å². The molecule has 216 valence electrons. The molecular weight excluding hydrogens is 536 g/mol. The minimum Gasteiger partial charge on any atom is -0.465 e. The zero-order valence-corrected chi connectivity index (χ0v) is 23.7. The van der Waals surface area contributed by atoms with Crippen molar-refractivity contribution < 1.29 is 28.7 Å². The van der Waals surface area contributed by atoms with Crippen molar-refractivity contribution in [2.24, 2.45) is 12.8 Å². The predicted molar refractivity (Wildman–Crippen MR) is 159 cm³/mol. The smallest absolute Gasteiger partial charge is 0.338 e. The lowest BCUT2D eigenvalue weighted by molar-refractivity contribution is -0.140. The van der Waals surface area contributed by atoms with Gasteiger partial charge >= 0.3 is 11.9 Å². The van der Waals surface area contributed by atoms with E-state index in [4.69, 9.17) is 20.6 Å². The average Bonchev–Trinajstić information content (AvgIpc) is 3.29. The normalized spacial score (nSPS) is 10.7. The molecule has 0 saturated heterocycles.